The number of ether oxygens (including phenoxy) is 2. The fourth-order valence-corrected chi connectivity index (χ4v) is 7.41. The van der Waals surface area contributed by atoms with Crippen LogP contribution >= 0.6 is 0 Å². The van der Waals surface area contributed by atoms with Crippen LogP contribution in [0.15, 0.2) is 42.5 Å². The number of nitrogens with zero attached hydrogens (tertiary/aromatic N) is 2. The molecule has 3 fully saturated rings. The molecule has 3 saturated carbocycles. The minimum absolute atomic E-state index is 0.00692. The summed E-state index contributed by atoms with van der Waals surface area (Å²) in [4.78, 5) is 13.0. The molecule has 6 rings (SSSR count). The molecule has 0 spiro atoms. The van der Waals surface area contributed by atoms with Gasteiger partial charge in [0.25, 0.3) is 0 Å². The molecule has 1 aromatic heterocycles. The van der Waals surface area contributed by atoms with E-state index in [9.17, 15) is 10.1 Å². The van der Waals surface area contributed by atoms with Gasteiger partial charge in [0.2, 0.25) is 0 Å². The number of fused-ring (bicyclic) bond motifs is 3. The molecule has 40 heavy (non-hydrogen) atoms. The number of hydrogen-bond acceptors (Lipinski definition) is 4. The number of carbonyl (C=O) groups excluding carboxylic acids is 1. The zero-order valence-electron chi connectivity index (χ0n) is 23.8. The molecule has 6 nitrogen and oxygen atoms in total. The first kappa shape index (κ1) is 26.7. The van der Waals surface area contributed by atoms with Crippen molar-refractivity contribution in [2.45, 2.75) is 90.2 Å². The summed E-state index contributed by atoms with van der Waals surface area (Å²) < 4.78 is 14.2. The summed E-state index contributed by atoms with van der Waals surface area (Å²) >= 11 is 0. The van der Waals surface area contributed by atoms with Crippen LogP contribution in [0.25, 0.3) is 22.2 Å². The maximum Gasteiger partial charge on any atom is 0.411 e. The molecule has 6 heteroatoms. The zero-order valence-corrected chi connectivity index (χ0v) is 23.8. The van der Waals surface area contributed by atoms with Crippen LogP contribution < -0.4 is 10.1 Å². The highest BCUT2D eigenvalue weighted by atomic mass is 16.6. The van der Waals surface area contributed by atoms with Gasteiger partial charge in [-0.25, -0.2) is 4.79 Å². The number of benzene rings is 2. The van der Waals surface area contributed by atoms with Gasteiger partial charge >= 0.3 is 6.09 Å². The molecule has 3 aliphatic rings. The highest BCUT2D eigenvalue weighted by Gasteiger charge is 2.37. The number of nitrogens with one attached hydrogen (secondary N) is 1. The molecular weight excluding hydrogens is 498 g/mol. The van der Waals surface area contributed by atoms with Gasteiger partial charge in [-0.05, 0) is 99.5 Å². The van der Waals surface area contributed by atoms with Crippen molar-refractivity contribution >= 4 is 22.7 Å². The van der Waals surface area contributed by atoms with E-state index in [-0.39, 0.29) is 12.2 Å². The monoisotopic (exact) mass is 539 g/mol. The zero-order chi connectivity index (χ0) is 27.6. The van der Waals surface area contributed by atoms with E-state index in [0.29, 0.717) is 35.7 Å². The highest BCUT2D eigenvalue weighted by Crippen LogP contribution is 2.44. The first-order chi connectivity index (χ1) is 19.6. The molecule has 0 aliphatic heterocycles. The third kappa shape index (κ3) is 5.19. The molecule has 0 saturated heterocycles. The fraction of sp³-hybridized carbons (Fsp3) is 0.529. The molecule has 4 atom stereocenters. The van der Waals surface area contributed by atoms with Gasteiger partial charge in [0.1, 0.15) is 17.9 Å². The Labute approximate surface area is 237 Å². The van der Waals surface area contributed by atoms with E-state index >= 15 is 0 Å². The Hall–Kier alpha value is -3.46. The minimum atomic E-state index is -0.360. The maximum atomic E-state index is 13.0. The van der Waals surface area contributed by atoms with Gasteiger partial charge in [-0.2, -0.15) is 5.26 Å². The van der Waals surface area contributed by atoms with E-state index in [1.807, 2.05) is 43.3 Å². The van der Waals surface area contributed by atoms with Crippen LogP contribution in [0.1, 0.15) is 89.7 Å². The summed E-state index contributed by atoms with van der Waals surface area (Å²) in [6.45, 7) is 4.85. The number of aromatic nitrogens is 1. The number of hydrogen-bond donors (Lipinski definition) is 1. The number of amides is 1. The van der Waals surface area contributed by atoms with Crippen LogP contribution in [-0.2, 0) is 4.74 Å². The van der Waals surface area contributed by atoms with Crippen molar-refractivity contribution in [3.05, 3.63) is 48.0 Å². The molecule has 1 heterocycles. The summed E-state index contributed by atoms with van der Waals surface area (Å²) in [6, 6.07) is 16.7. The lowest BCUT2D eigenvalue weighted by Gasteiger charge is -2.30. The Morgan fingerprint density at radius 1 is 1.02 bits per heavy atom. The van der Waals surface area contributed by atoms with Crippen LogP contribution in [0.2, 0.25) is 0 Å². The Kier molecular flexibility index (Phi) is 7.74. The van der Waals surface area contributed by atoms with E-state index in [4.69, 9.17) is 9.47 Å². The second-order valence-electron chi connectivity index (χ2n) is 12.1. The molecule has 3 aliphatic carbocycles. The van der Waals surface area contributed by atoms with Gasteiger partial charge in [0.15, 0.2) is 0 Å². The predicted octanol–water partition coefficient (Wildman–Crippen LogP) is 8.85. The minimum Gasteiger partial charge on any atom is -0.494 e. The van der Waals surface area contributed by atoms with Crippen molar-refractivity contribution in [3.63, 3.8) is 0 Å². The largest absolute Gasteiger partial charge is 0.494 e. The number of nitriles is 1. The molecule has 1 N–H and O–H groups in total. The van der Waals surface area contributed by atoms with Crippen molar-refractivity contribution in [2.75, 3.05) is 11.9 Å². The Balaban J connectivity index is 1.23. The molecule has 2 aromatic carbocycles. The standard InChI is InChI=1S/C34H41N3O3/c1-3-22-17-23-7-5-8-25(18-23)32(19-22)40-34(38)36-26-13-11-24(12-14-26)33-30(21-35)29-16-15-28(39-4-2)20-31(29)37(33)27-9-6-10-27/h11-16,20,22-23,25,27,32H,3-10,17-19H2,1-2H3,(H,36,38). The van der Waals surface area contributed by atoms with Crippen LogP contribution in [0.3, 0.4) is 0 Å². The Bertz CT molecular complexity index is 1400. The molecule has 3 aromatic rings. The van der Waals surface area contributed by atoms with Gasteiger partial charge in [-0.3, -0.25) is 5.32 Å². The van der Waals surface area contributed by atoms with Gasteiger partial charge in [-0.1, -0.05) is 38.3 Å². The topological polar surface area (TPSA) is 76.3 Å². The lowest BCUT2D eigenvalue weighted by atomic mass is 9.79. The van der Waals surface area contributed by atoms with Crippen LogP contribution in [0, 0.1) is 29.1 Å². The quantitative estimate of drug-likeness (QED) is 0.325. The molecule has 0 radical (unpaired) electrons. The summed E-state index contributed by atoms with van der Waals surface area (Å²) in [7, 11) is 0. The predicted molar refractivity (Wildman–Crippen MR) is 159 cm³/mol. The molecule has 1 amide bonds. The normalized spacial score (nSPS) is 24.5. The van der Waals surface area contributed by atoms with E-state index in [1.165, 1.54) is 38.5 Å². The second kappa shape index (κ2) is 11.6. The third-order valence-electron chi connectivity index (χ3n) is 9.66. The highest BCUT2D eigenvalue weighted by molar-refractivity contribution is 5.96. The summed E-state index contributed by atoms with van der Waals surface area (Å²) in [6.07, 6.45) is 11.4. The number of anilines is 1. The lowest BCUT2D eigenvalue weighted by Crippen LogP contribution is -2.31. The molecule has 4 unspecified atom stereocenters. The van der Waals surface area contributed by atoms with Gasteiger partial charge < -0.3 is 14.0 Å². The van der Waals surface area contributed by atoms with Crippen LogP contribution in [-0.4, -0.2) is 23.4 Å². The van der Waals surface area contributed by atoms with Crippen molar-refractivity contribution in [3.8, 4) is 23.1 Å². The average Bonchev–Trinajstić information content (AvgIpc) is 3.19. The Morgan fingerprint density at radius 2 is 1.82 bits per heavy atom. The SMILES string of the molecule is CCOc1ccc2c(C#N)c(-c3ccc(NC(=O)OC4CC(CC)CC5CCCC4C5)cc3)n(C3CCC3)c2c1. The van der Waals surface area contributed by atoms with E-state index < -0.39 is 0 Å². The smallest absolute Gasteiger partial charge is 0.411 e. The fourth-order valence-electron chi connectivity index (χ4n) is 7.41. The number of carbonyl (C=O) groups is 1. The molecule has 2 bridgehead atoms. The molecule has 210 valence electrons. The second-order valence-corrected chi connectivity index (χ2v) is 12.1. The van der Waals surface area contributed by atoms with Gasteiger partial charge in [0, 0.05) is 23.2 Å². The van der Waals surface area contributed by atoms with Crippen molar-refractivity contribution in [2.24, 2.45) is 17.8 Å². The summed E-state index contributed by atoms with van der Waals surface area (Å²) in [5.74, 6) is 2.76. The van der Waals surface area contributed by atoms with Crippen molar-refractivity contribution in [1.82, 2.24) is 4.57 Å². The average molecular weight is 540 g/mol. The van der Waals surface area contributed by atoms with Gasteiger partial charge in [-0.15, -0.1) is 0 Å². The van der Waals surface area contributed by atoms with E-state index in [0.717, 1.165) is 59.5 Å². The van der Waals surface area contributed by atoms with E-state index in [2.05, 4.69) is 28.9 Å². The van der Waals surface area contributed by atoms with Crippen LogP contribution in [0.5, 0.6) is 5.75 Å². The number of rotatable bonds is 7. The van der Waals surface area contributed by atoms with Crippen LogP contribution in [0.4, 0.5) is 10.5 Å². The first-order valence-electron chi connectivity index (χ1n) is 15.4. The van der Waals surface area contributed by atoms with E-state index in [1.54, 1.807) is 0 Å². The lowest BCUT2D eigenvalue weighted by molar-refractivity contribution is 0.0483. The van der Waals surface area contributed by atoms with Crippen molar-refractivity contribution < 1.29 is 14.3 Å². The van der Waals surface area contributed by atoms with Gasteiger partial charge in [0.05, 0.1) is 23.4 Å². The summed E-state index contributed by atoms with van der Waals surface area (Å²) in [5.41, 5.74) is 4.36. The third-order valence-corrected chi connectivity index (χ3v) is 9.66. The summed E-state index contributed by atoms with van der Waals surface area (Å²) in [5, 5.41) is 14.2. The van der Waals surface area contributed by atoms with Crippen molar-refractivity contribution in [1.29, 1.82) is 5.26 Å². The Morgan fingerprint density at radius 3 is 2.52 bits per heavy atom. The maximum absolute atomic E-state index is 13.0. The first-order valence-corrected chi connectivity index (χ1v) is 15.4. The molecular formula is C34H41N3O3.